The van der Waals surface area contributed by atoms with Gasteiger partial charge in [0.1, 0.15) is 0 Å². The van der Waals surface area contributed by atoms with Crippen LogP contribution in [0, 0.1) is 0 Å². The van der Waals surface area contributed by atoms with Crippen molar-refractivity contribution in [2.24, 2.45) is 0 Å². The van der Waals surface area contributed by atoms with Crippen LogP contribution in [-0.4, -0.2) is 18.6 Å². The Labute approximate surface area is 91.0 Å². The molecule has 6 nitrogen and oxygen atoms in total. The molecule has 0 aromatic heterocycles. The van der Waals surface area contributed by atoms with Gasteiger partial charge in [0.25, 0.3) is 0 Å². The van der Waals surface area contributed by atoms with Crippen molar-refractivity contribution >= 4 is 19.1 Å². The van der Waals surface area contributed by atoms with Crippen molar-refractivity contribution in [3.05, 3.63) is 35.4 Å². The van der Waals surface area contributed by atoms with E-state index in [0.29, 0.717) is 0 Å². The summed E-state index contributed by atoms with van der Waals surface area (Å²) in [6.45, 7) is 0. The number of aromatic carboxylic acids is 1. The van der Waals surface area contributed by atoms with Gasteiger partial charge in [-0.1, -0.05) is 24.3 Å². The van der Waals surface area contributed by atoms with Gasteiger partial charge in [-0.2, -0.15) is 0 Å². The lowest BCUT2D eigenvalue weighted by atomic mass is 10.1. The van der Waals surface area contributed by atoms with E-state index in [4.69, 9.17) is 0 Å². The minimum Gasteiger partial charge on any atom is -0.773 e. The molecule has 1 aromatic rings. The predicted octanol–water partition coefficient (Wildman–Crippen LogP) is -0.610. The van der Waals surface area contributed by atoms with Gasteiger partial charge in [0.05, 0.1) is 5.97 Å². The maximum atomic E-state index is 11.4. The van der Waals surface area contributed by atoms with Crippen LogP contribution in [0.4, 0.5) is 0 Å². The minimum atomic E-state index is -4.73. The first-order valence-corrected chi connectivity index (χ1v) is 5.66. The average Bonchev–Trinajstić information content (AvgIpc) is 2.28. The fraction of sp³-hybridized carbons (Fsp3) is 0.111. The zero-order valence-corrected chi connectivity index (χ0v) is 9.10. The summed E-state index contributed by atoms with van der Waals surface area (Å²) in [7, 11) is -3.91. The van der Waals surface area contributed by atoms with Crippen molar-refractivity contribution < 1.29 is 28.7 Å². The van der Waals surface area contributed by atoms with Crippen molar-refractivity contribution in [3.8, 4) is 0 Å². The molecule has 0 saturated carbocycles. The summed E-state index contributed by atoms with van der Waals surface area (Å²) in [5.41, 5.74) is -2.34. The van der Waals surface area contributed by atoms with Crippen LogP contribution in [0.15, 0.2) is 24.3 Å². The van der Waals surface area contributed by atoms with Gasteiger partial charge in [-0.15, -0.1) is 0 Å². The van der Waals surface area contributed by atoms with Gasteiger partial charge in [-0.05, 0) is 0 Å². The van der Waals surface area contributed by atoms with Crippen molar-refractivity contribution in [2.45, 2.75) is 0 Å². The van der Waals surface area contributed by atoms with Crippen molar-refractivity contribution in [1.82, 2.24) is 0 Å². The number of hydrogen-bond acceptors (Lipinski definition) is 6. The minimum absolute atomic E-state index is 0.470. The highest BCUT2D eigenvalue weighted by Gasteiger charge is 2.23. The molecule has 0 aliphatic rings. The van der Waals surface area contributed by atoms with E-state index >= 15 is 0 Å². The number of carbonyl (C=O) groups is 2. The maximum absolute atomic E-state index is 11.4. The maximum Gasteiger partial charge on any atom is 0.234 e. The molecule has 86 valence electrons. The van der Waals surface area contributed by atoms with Crippen LogP contribution in [0.25, 0.3) is 0 Å². The summed E-state index contributed by atoms with van der Waals surface area (Å²) in [5.74, 6) is -1.62. The van der Waals surface area contributed by atoms with E-state index in [2.05, 4.69) is 4.52 Å². The quantitative estimate of drug-likeness (QED) is 0.652. The number of benzene rings is 1. The molecule has 0 radical (unpaired) electrons. The first kappa shape index (κ1) is 12.6. The molecule has 7 heteroatoms. The summed E-state index contributed by atoms with van der Waals surface area (Å²) in [5, 5.41) is 10.6. The molecule has 0 saturated heterocycles. The monoisotopic (exact) mass is 242 g/mol. The Hall–Kier alpha value is -1.49. The number of carbonyl (C=O) groups excluding carboxylic acids is 2. The fourth-order valence-corrected chi connectivity index (χ4v) is 1.73. The molecular formula is C9H7O6P-2. The van der Waals surface area contributed by atoms with Crippen LogP contribution in [0.2, 0.25) is 0 Å². The summed E-state index contributed by atoms with van der Waals surface area (Å²) >= 11 is 0. The molecule has 16 heavy (non-hydrogen) atoms. The van der Waals surface area contributed by atoms with Gasteiger partial charge in [0.15, 0.2) is 0 Å². The third kappa shape index (κ3) is 2.36. The Morgan fingerprint density at radius 2 is 1.75 bits per heavy atom. The molecule has 0 aliphatic carbocycles. The van der Waals surface area contributed by atoms with Crippen LogP contribution in [-0.2, 0) is 9.09 Å². The Kier molecular flexibility index (Phi) is 3.59. The first-order chi connectivity index (χ1) is 7.40. The topological polar surface area (TPSA) is 107 Å². The summed E-state index contributed by atoms with van der Waals surface area (Å²) in [6.07, 6.45) is 0. The Balaban J connectivity index is 3.29. The van der Waals surface area contributed by atoms with Crippen molar-refractivity contribution in [3.63, 3.8) is 0 Å². The second-order valence-electron chi connectivity index (χ2n) is 2.82. The van der Waals surface area contributed by atoms with Gasteiger partial charge >= 0.3 is 0 Å². The third-order valence-corrected chi connectivity index (χ3v) is 3.09. The van der Waals surface area contributed by atoms with E-state index in [0.717, 1.165) is 19.2 Å². The predicted molar refractivity (Wildman–Crippen MR) is 49.7 cm³/mol. The van der Waals surface area contributed by atoms with Crippen LogP contribution in [0.1, 0.15) is 20.7 Å². The molecule has 0 amide bonds. The van der Waals surface area contributed by atoms with Gasteiger partial charge in [-0.3, -0.25) is 4.79 Å². The first-order valence-electron chi connectivity index (χ1n) is 4.12. The SMILES string of the molecule is COP(=O)([O-])C(=O)c1ccccc1C(=O)[O-]. The van der Waals surface area contributed by atoms with E-state index in [1.54, 1.807) is 0 Å². The van der Waals surface area contributed by atoms with Gasteiger partial charge in [-0.25, -0.2) is 0 Å². The molecule has 1 rings (SSSR count). The van der Waals surface area contributed by atoms with E-state index in [-0.39, 0.29) is 0 Å². The molecular weight excluding hydrogens is 235 g/mol. The second-order valence-corrected chi connectivity index (χ2v) is 4.58. The van der Waals surface area contributed by atoms with Crippen LogP contribution >= 0.6 is 7.60 Å². The summed E-state index contributed by atoms with van der Waals surface area (Å²) in [4.78, 5) is 33.2. The number of hydrogen-bond donors (Lipinski definition) is 0. The molecule has 0 aliphatic heterocycles. The Morgan fingerprint density at radius 1 is 1.25 bits per heavy atom. The van der Waals surface area contributed by atoms with Crippen LogP contribution in [0.5, 0.6) is 0 Å². The van der Waals surface area contributed by atoms with Crippen molar-refractivity contribution in [1.29, 1.82) is 0 Å². The second kappa shape index (κ2) is 4.57. The number of carboxylic acids is 1. The highest BCUT2D eigenvalue weighted by molar-refractivity contribution is 7.70. The number of carboxylic acid groups (broad SMARTS) is 1. The number of rotatable bonds is 4. The van der Waals surface area contributed by atoms with E-state index < -0.39 is 30.2 Å². The Morgan fingerprint density at radius 3 is 2.19 bits per heavy atom. The third-order valence-electron chi connectivity index (χ3n) is 1.87. The average molecular weight is 242 g/mol. The highest BCUT2D eigenvalue weighted by Crippen LogP contribution is 2.40. The molecule has 1 atom stereocenters. The standard InChI is InChI=1S/C9H9O6P/c1-15-16(13,14)9(12)7-5-3-2-4-6(7)8(10)11/h2-5H,1H3,(H,10,11)(H,13,14)/p-2. The summed E-state index contributed by atoms with van der Waals surface area (Å²) in [6, 6.07) is 4.86. The van der Waals surface area contributed by atoms with Gasteiger partial charge in [0, 0.05) is 18.2 Å². The molecule has 0 fully saturated rings. The fourth-order valence-electron chi connectivity index (χ4n) is 1.08. The largest absolute Gasteiger partial charge is 0.773 e. The molecule has 0 bridgehead atoms. The van der Waals surface area contributed by atoms with E-state index in [9.17, 15) is 24.2 Å². The lowest BCUT2D eigenvalue weighted by Crippen LogP contribution is -2.25. The summed E-state index contributed by atoms with van der Waals surface area (Å²) < 4.78 is 15.1. The Bertz CT molecular complexity index is 481. The smallest absolute Gasteiger partial charge is 0.234 e. The van der Waals surface area contributed by atoms with Crippen LogP contribution in [0.3, 0.4) is 0 Å². The zero-order valence-electron chi connectivity index (χ0n) is 8.21. The molecule has 0 heterocycles. The van der Waals surface area contributed by atoms with E-state index in [1.165, 1.54) is 12.1 Å². The van der Waals surface area contributed by atoms with E-state index in [1.807, 2.05) is 0 Å². The molecule has 1 unspecified atom stereocenters. The lowest BCUT2D eigenvalue weighted by molar-refractivity contribution is -0.255. The van der Waals surface area contributed by atoms with Gasteiger partial charge < -0.3 is 23.9 Å². The lowest BCUT2D eigenvalue weighted by Gasteiger charge is -2.20. The normalized spacial score (nSPS) is 14.1. The zero-order chi connectivity index (χ0) is 12.3. The molecule has 1 aromatic carbocycles. The van der Waals surface area contributed by atoms with Crippen molar-refractivity contribution in [2.75, 3.05) is 7.11 Å². The van der Waals surface area contributed by atoms with Crippen LogP contribution < -0.4 is 10.00 Å². The highest BCUT2D eigenvalue weighted by atomic mass is 31.2. The molecule has 0 N–H and O–H groups in total. The molecule has 0 spiro atoms. The van der Waals surface area contributed by atoms with Gasteiger partial charge in [0.2, 0.25) is 13.1 Å².